The van der Waals surface area contributed by atoms with Gasteiger partial charge in [0.1, 0.15) is 6.04 Å². The van der Waals surface area contributed by atoms with Gasteiger partial charge in [-0.3, -0.25) is 19.3 Å². The summed E-state index contributed by atoms with van der Waals surface area (Å²) in [6.07, 6.45) is 0. The fourth-order valence-electron chi connectivity index (χ4n) is 2.46. The zero-order valence-corrected chi connectivity index (χ0v) is 14.8. The normalized spacial score (nSPS) is 14.7. The minimum Gasteiger partial charge on any atom is -0.349 e. The van der Waals surface area contributed by atoms with E-state index >= 15 is 0 Å². The average molecular weight is 383 g/mol. The molecule has 0 radical (unpaired) electrons. The molecule has 3 amide bonds. The summed E-state index contributed by atoms with van der Waals surface area (Å²) in [6.45, 7) is 1.86. The number of hydrogen-bond donors (Lipinski definition) is 1. The van der Waals surface area contributed by atoms with Crippen LogP contribution in [0, 0.1) is 0 Å². The Morgan fingerprint density at radius 3 is 2.29 bits per heavy atom. The lowest BCUT2D eigenvalue weighted by Crippen LogP contribution is -2.47. The van der Waals surface area contributed by atoms with E-state index in [9.17, 15) is 14.4 Å². The second-order valence-corrected chi connectivity index (χ2v) is 7.11. The topological polar surface area (TPSA) is 66.5 Å². The van der Waals surface area contributed by atoms with Crippen LogP contribution < -0.4 is 5.32 Å². The van der Waals surface area contributed by atoms with Gasteiger partial charge in [-0.15, -0.1) is 11.3 Å². The van der Waals surface area contributed by atoms with Crippen LogP contribution in [-0.4, -0.2) is 28.7 Å². The van der Waals surface area contributed by atoms with Gasteiger partial charge in [0, 0.05) is 4.88 Å². The maximum Gasteiger partial charge on any atom is 0.262 e. The Hall–Kier alpha value is -1.89. The standard InChI is InChI=1S/C16H12Cl2N2O3S/c1-8(14(21)19-7-9-3-2-4-24-9)20-15(22)10-5-12(17)13(18)6-11(10)16(20)23/h2-6,8H,7H2,1H3,(H,19,21). The van der Waals surface area contributed by atoms with E-state index in [1.165, 1.54) is 30.4 Å². The number of nitrogens with zero attached hydrogens (tertiary/aromatic N) is 1. The van der Waals surface area contributed by atoms with Crippen LogP contribution in [0.1, 0.15) is 32.5 Å². The molecule has 0 aliphatic carbocycles. The summed E-state index contributed by atoms with van der Waals surface area (Å²) in [6, 6.07) is 5.55. The highest BCUT2D eigenvalue weighted by Gasteiger charge is 2.41. The van der Waals surface area contributed by atoms with Crippen molar-refractivity contribution in [1.29, 1.82) is 0 Å². The lowest BCUT2D eigenvalue weighted by atomic mass is 10.1. The molecule has 1 N–H and O–H groups in total. The number of carbonyl (C=O) groups is 3. The summed E-state index contributed by atoms with van der Waals surface area (Å²) < 4.78 is 0. The molecule has 8 heteroatoms. The van der Waals surface area contributed by atoms with E-state index in [1.54, 1.807) is 0 Å². The second kappa shape index (κ2) is 6.55. The first kappa shape index (κ1) is 17.0. The van der Waals surface area contributed by atoms with E-state index in [-0.39, 0.29) is 21.2 Å². The quantitative estimate of drug-likeness (QED) is 0.824. The molecule has 0 saturated heterocycles. The van der Waals surface area contributed by atoms with Crippen LogP contribution >= 0.6 is 34.5 Å². The zero-order chi connectivity index (χ0) is 17.4. The monoisotopic (exact) mass is 382 g/mol. The Morgan fingerprint density at radius 1 is 1.21 bits per heavy atom. The molecule has 124 valence electrons. The van der Waals surface area contributed by atoms with Crippen molar-refractivity contribution >= 4 is 52.3 Å². The van der Waals surface area contributed by atoms with Gasteiger partial charge in [-0.05, 0) is 30.5 Å². The minimum absolute atomic E-state index is 0.160. The number of rotatable bonds is 4. The molecule has 1 atom stereocenters. The molecule has 0 bridgehead atoms. The second-order valence-electron chi connectivity index (χ2n) is 5.27. The van der Waals surface area contributed by atoms with Crippen molar-refractivity contribution in [2.45, 2.75) is 19.5 Å². The van der Waals surface area contributed by atoms with E-state index in [0.717, 1.165) is 9.78 Å². The van der Waals surface area contributed by atoms with E-state index in [4.69, 9.17) is 23.2 Å². The molecule has 1 aliphatic rings. The van der Waals surface area contributed by atoms with Gasteiger partial charge in [-0.25, -0.2) is 0 Å². The maximum absolute atomic E-state index is 12.5. The van der Waals surface area contributed by atoms with E-state index in [0.29, 0.717) is 6.54 Å². The van der Waals surface area contributed by atoms with Gasteiger partial charge in [0.2, 0.25) is 5.91 Å². The Bertz CT molecular complexity index is 795. The molecule has 1 aliphatic heterocycles. The third-order valence-corrected chi connectivity index (χ3v) is 5.34. The molecule has 2 aromatic rings. The number of benzene rings is 1. The van der Waals surface area contributed by atoms with Gasteiger partial charge < -0.3 is 5.32 Å². The molecule has 24 heavy (non-hydrogen) atoms. The molecule has 1 unspecified atom stereocenters. The smallest absolute Gasteiger partial charge is 0.262 e. The molecule has 0 saturated carbocycles. The van der Waals surface area contributed by atoms with Crippen LogP contribution in [0.3, 0.4) is 0 Å². The molecule has 2 heterocycles. The Balaban J connectivity index is 1.78. The molecule has 3 rings (SSSR count). The highest BCUT2D eigenvalue weighted by molar-refractivity contribution is 7.09. The first-order chi connectivity index (χ1) is 11.4. The summed E-state index contributed by atoms with van der Waals surface area (Å²) in [7, 11) is 0. The van der Waals surface area contributed by atoms with Crippen LogP contribution in [0.5, 0.6) is 0 Å². The number of halogens is 2. The number of nitrogens with one attached hydrogen (secondary N) is 1. The number of fused-ring (bicyclic) bond motifs is 1. The third kappa shape index (κ3) is 2.92. The molecule has 1 aromatic carbocycles. The van der Waals surface area contributed by atoms with E-state index in [1.807, 2.05) is 17.5 Å². The van der Waals surface area contributed by atoms with Gasteiger partial charge in [0.05, 0.1) is 27.7 Å². The van der Waals surface area contributed by atoms with Crippen LogP contribution in [0.25, 0.3) is 0 Å². The Morgan fingerprint density at radius 2 is 1.79 bits per heavy atom. The fraction of sp³-hybridized carbons (Fsp3) is 0.188. The lowest BCUT2D eigenvalue weighted by Gasteiger charge is -2.21. The number of thiophene rings is 1. The minimum atomic E-state index is -0.935. The van der Waals surface area contributed by atoms with Gasteiger partial charge in [0.15, 0.2) is 0 Å². The summed E-state index contributed by atoms with van der Waals surface area (Å²) in [4.78, 5) is 39.2. The van der Waals surface area contributed by atoms with Crippen molar-refractivity contribution in [3.8, 4) is 0 Å². The van der Waals surface area contributed by atoms with Crippen molar-refractivity contribution in [3.63, 3.8) is 0 Å². The molecule has 0 spiro atoms. The Kier molecular flexibility index (Phi) is 4.62. The average Bonchev–Trinajstić information content (AvgIpc) is 3.14. The van der Waals surface area contributed by atoms with Crippen LogP contribution in [0.2, 0.25) is 10.0 Å². The van der Waals surface area contributed by atoms with Crippen LogP contribution in [0.4, 0.5) is 0 Å². The van der Waals surface area contributed by atoms with Crippen molar-refractivity contribution in [1.82, 2.24) is 10.2 Å². The predicted octanol–water partition coefficient (Wildman–Crippen LogP) is 3.36. The molecular weight excluding hydrogens is 371 g/mol. The van der Waals surface area contributed by atoms with Gasteiger partial charge in [-0.2, -0.15) is 0 Å². The summed E-state index contributed by atoms with van der Waals surface area (Å²) in [5.41, 5.74) is 0.319. The molecular formula is C16H12Cl2N2O3S. The summed E-state index contributed by atoms with van der Waals surface area (Å²) >= 11 is 13.3. The first-order valence-electron chi connectivity index (χ1n) is 7.07. The highest BCUT2D eigenvalue weighted by Crippen LogP contribution is 2.32. The van der Waals surface area contributed by atoms with Crippen molar-refractivity contribution in [2.75, 3.05) is 0 Å². The zero-order valence-electron chi connectivity index (χ0n) is 12.5. The van der Waals surface area contributed by atoms with Gasteiger partial charge in [0.25, 0.3) is 11.8 Å². The third-order valence-electron chi connectivity index (χ3n) is 3.74. The highest BCUT2D eigenvalue weighted by atomic mass is 35.5. The van der Waals surface area contributed by atoms with Crippen LogP contribution in [-0.2, 0) is 11.3 Å². The van der Waals surface area contributed by atoms with Crippen molar-refractivity contribution < 1.29 is 14.4 Å². The van der Waals surface area contributed by atoms with Crippen molar-refractivity contribution in [3.05, 3.63) is 55.7 Å². The molecule has 5 nitrogen and oxygen atoms in total. The predicted molar refractivity (Wildman–Crippen MR) is 92.6 cm³/mol. The van der Waals surface area contributed by atoms with E-state index in [2.05, 4.69) is 5.32 Å². The summed E-state index contributed by atoms with van der Waals surface area (Å²) in [5.74, 6) is -1.50. The lowest BCUT2D eigenvalue weighted by molar-refractivity contribution is -0.124. The molecule has 0 fully saturated rings. The largest absolute Gasteiger partial charge is 0.349 e. The molecule has 1 aromatic heterocycles. The summed E-state index contributed by atoms with van der Waals surface area (Å²) in [5, 5.41) is 5.01. The Labute approximate surface area is 152 Å². The van der Waals surface area contributed by atoms with Crippen molar-refractivity contribution in [2.24, 2.45) is 0 Å². The number of imide groups is 1. The van der Waals surface area contributed by atoms with Gasteiger partial charge in [-0.1, -0.05) is 29.3 Å². The number of amides is 3. The maximum atomic E-state index is 12.5. The number of hydrogen-bond acceptors (Lipinski definition) is 4. The van der Waals surface area contributed by atoms with E-state index < -0.39 is 23.8 Å². The SMILES string of the molecule is CC(C(=O)NCc1cccs1)N1C(=O)c2cc(Cl)c(Cl)cc2C1=O. The van der Waals surface area contributed by atoms with Gasteiger partial charge >= 0.3 is 0 Å². The van der Waals surface area contributed by atoms with Crippen LogP contribution in [0.15, 0.2) is 29.6 Å². The fourth-order valence-corrected chi connectivity index (χ4v) is 3.43. The number of carbonyl (C=O) groups excluding carboxylic acids is 3. The first-order valence-corrected chi connectivity index (χ1v) is 8.70.